The molecule has 1 N–H and O–H groups in total. The number of aromatic hydroxyl groups is 1. The Bertz CT molecular complexity index is 1660. The fourth-order valence-electron chi connectivity index (χ4n) is 5.87. The Labute approximate surface area is 222 Å². The van der Waals surface area contributed by atoms with Crippen LogP contribution in [0.1, 0.15) is 42.3 Å². The van der Waals surface area contributed by atoms with Gasteiger partial charge in [0, 0.05) is 23.6 Å². The SMILES string of the molecule is C[N+]1(Cc2ccc3ccccc3n2)CCCC(n2nc(Cc3ccc(O)cc3)c3ccccc3c2=O)CC1. The number of quaternary nitrogens is 1. The van der Waals surface area contributed by atoms with Crippen molar-refractivity contribution in [1.29, 1.82) is 0 Å². The quantitative estimate of drug-likeness (QED) is 0.315. The number of benzene rings is 3. The van der Waals surface area contributed by atoms with Crippen LogP contribution in [-0.2, 0) is 13.0 Å². The highest BCUT2D eigenvalue weighted by Gasteiger charge is 2.30. The fourth-order valence-corrected chi connectivity index (χ4v) is 5.87. The zero-order valence-electron chi connectivity index (χ0n) is 21.8. The molecule has 3 heterocycles. The molecule has 1 aliphatic rings. The summed E-state index contributed by atoms with van der Waals surface area (Å²) in [6, 6.07) is 27.7. The smallest absolute Gasteiger partial charge is 0.274 e. The fraction of sp³-hybridized carbons (Fsp3) is 0.281. The zero-order chi connectivity index (χ0) is 26.1. The summed E-state index contributed by atoms with van der Waals surface area (Å²) in [5, 5.41) is 17.4. The number of pyridine rings is 1. The minimum absolute atomic E-state index is 0.00708. The van der Waals surface area contributed by atoms with Crippen LogP contribution in [-0.4, -0.2) is 44.5 Å². The highest BCUT2D eigenvalue weighted by atomic mass is 16.3. The van der Waals surface area contributed by atoms with E-state index >= 15 is 0 Å². The summed E-state index contributed by atoms with van der Waals surface area (Å²) in [4.78, 5) is 18.5. The van der Waals surface area contributed by atoms with Gasteiger partial charge in [-0.1, -0.05) is 54.6 Å². The normalized spacial score (nSPS) is 20.0. The van der Waals surface area contributed by atoms with Crippen LogP contribution in [0.4, 0.5) is 0 Å². The molecule has 3 aromatic carbocycles. The van der Waals surface area contributed by atoms with Crippen molar-refractivity contribution in [3.8, 4) is 5.75 Å². The molecular formula is C32H33N4O2+. The van der Waals surface area contributed by atoms with Crippen molar-refractivity contribution in [2.24, 2.45) is 0 Å². The third-order valence-corrected chi connectivity index (χ3v) is 8.00. The Morgan fingerprint density at radius 1 is 0.895 bits per heavy atom. The van der Waals surface area contributed by atoms with Crippen molar-refractivity contribution in [3.63, 3.8) is 0 Å². The predicted molar refractivity (Wildman–Crippen MR) is 151 cm³/mol. The lowest BCUT2D eigenvalue weighted by molar-refractivity contribution is -0.922. The highest BCUT2D eigenvalue weighted by Crippen LogP contribution is 2.28. The van der Waals surface area contributed by atoms with Crippen molar-refractivity contribution >= 4 is 21.7 Å². The molecule has 192 valence electrons. The number of hydrogen-bond donors (Lipinski definition) is 1. The summed E-state index contributed by atoms with van der Waals surface area (Å²) < 4.78 is 2.67. The van der Waals surface area contributed by atoms with Crippen molar-refractivity contribution in [1.82, 2.24) is 14.8 Å². The zero-order valence-corrected chi connectivity index (χ0v) is 21.8. The first-order valence-corrected chi connectivity index (χ1v) is 13.4. The van der Waals surface area contributed by atoms with E-state index in [0.29, 0.717) is 6.42 Å². The molecule has 0 spiro atoms. The van der Waals surface area contributed by atoms with Crippen LogP contribution >= 0.6 is 0 Å². The second kappa shape index (κ2) is 10.0. The van der Waals surface area contributed by atoms with E-state index in [-0.39, 0.29) is 17.4 Å². The number of phenolic OH excluding ortho intramolecular Hbond substituents is 1. The molecular weight excluding hydrogens is 472 g/mol. The molecule has 5 aromatic rings. The van der Waals surface area contributed by atoms with Gasteiger partial charge in [-0.2, -0.15) is 5.10 Å². The summed E-state index contributed by atoms with van der Waals surface area (Å²) in [6.07, 6.45) is 3.47. The molecule has 0 aliphatic carbocycles. The van der Waals surface area contributed by atoms with Gasteiger partial charge < -0.3 is 9.59 Å². The van der Waals surface area contributed by atoms with Gasteiger partial charge in [0.2, 0.25) is 0 Å². The number of hydrogen-bond acceptors (Lipinski definition) is 4. The summed E-state index contributed by atoms with van der Waals surface area (Å²) in [5.41, 5.74) is 4.10. The lowest BCUT2D eigenvalue weighted by Gasteiger charge is -2.33. The molecule has 1 saturated heterocycles. The second-order valence-electron chi connectivity index (χ2n) is 10.9. The number of rotatable bonds is 5. The van der Waals surface area contributed by atoms with Crippen LogP contribution in [0.3, 0.4) is 0 Å². The molecule has 2 unspecified atom stereocenters. The van der Waals surface area contributed by atoms with Crippen molar-refractivity contribution in [3.05, 3.63) is 112 Å². The van der Waals surface area contributed by atoms with Gasteiger partial charge in [-0.25, -0.2) is 9.67 Å². The molecule has 0 radical (unpaired) electrons. The molecule has 6 rings (SSSR count). The lowest BCUT2D eigenvalue weighted by Crippen LogP contribution is -2.44. The molecule has 0 amide bonds. The molecule has 38 heavy (non-hydrogen) atoms. The summed E-state index contributed by atoms with van der Waals surface area (Å²) in [6.45, 7) is 2.89. The van der Waals surface area contributed by atoms with Crippen LogP contribution in [0.15, 0.2) is 89.7 Å². The van der Waals surface area contributed by atoms with E-state index < -0.39 is 0 Å². The number of phenols is 1. The van der Waals surface area contributed by atoms with Gasteiger partial charge in [0.25, 0.3) is 5.56 Å². The Hall–Kier alpha value is -4.03. The molecule has 0 bridgehead atoms. The number of likely N-dealkylation sites (tertiary alicyclic amines) is 1. The van der Waals surface area contributed by atoms with E-state index in [2.05, 4.69) is 31.3 Å². The first-order valence-electron chi connectivity index (χ1n) is 13.4. The van der Waals surface area contributed by atoms with Crippen LogP contribution in [0.2, 0.25) is 0 Å². The molecule has 0 saturated carbocycles. The van der Waals surface area contributed by atoms with E-state index in [0.717, 1.165) is 76.6 Å². The van der Waals surface area contributed by atoms with Crippen LogP contribution in [0, 0.1) is 0 Å². The predicted octanol–water partition coefficient (Wildman–Crippen LogP) is 5.61. The maximum Gasteiger partial charge on any atom is 0.274 e. The molecule has 6 nitrogen and oxygen atoms in total. The average Bonchev–Trinajstić information content (AvgIpc) is 3.13. The van der Waals surface area contributed by atoms with E-state index in [1.165, 1.54) is 5.39 Å². The molecule has 1 fully saturated rings. The Morgan fingerprint density at radius 2 is 1.66 bits per heavy atom. The first kappa shape index (κ1) is 24.3. The van der Waals surface area contributed by atoms with Gasteiger partial charge in [0.1, 0.15) is 12.3 Å². The van der Waals surface area contributed by atoms with Crippen LogP contribution < -0.4 is 5.56 Å². The number of nitrogens with zero attached hydrogens (tertiary/aromatic N) is 4. The van der Waals surface area contributed by atoms with Gasteiger partial charge in [0.15, 0.2) is 0 Å². The minimum Gasteiger partial charge on any atom is -0.508 e. The molecule has 2 atom stereocenters. The van der Waals surface area contributed by atoms with E-state index in [1.54, 1.807) is 16.8 Å². The number of para-hydroxylation sites is 1. The molecule has 6 heteroatoms. The number of fused-ring (bicyclic) bond motifs is 2. The average molecular weight is 506 g/mol. The topological polar surface area (TPSA) is 68.0 Å². The third kappa shape index (κ3) is 4.92. The van der Waals surface area contributed by atoms with Crippen molar-refractivity contribution in [2.45, 2.75) is 38.3 Å². The third-order valence-electron chi connectivity index (χ3n) is 8.00. The Balaban J connectivity index is 1.28. The summed E-state index contributed by atoms with van der Waals surface area (Å²) >= 11 is 0. The van der Waals surface area contributed by atoms with Crippen LogP contribution in [0.5, 0.6) is 5.75 Å². The number of aromatic nitrogens is 3. The van der Waals surface area contributed by atoms with Crippen molar-refractivity contribution < 1.29 is 9.59 Å². The van der Waals surface area contributed by atoms with Gasteiger partial charge in [-0.15, -0.1) is 0 Å². The van der Waals surface area contributed by atoms with E-state index in [1.807, 2.05) is 48.5 Å². The maximum atomic E-state index is 13.6. The monoisotopic (exact) mass is 505 g/mol. The largest absolute Gasteiger partial charge is 0.508 e. The molecule has 1 aliphatic heterocycles. The van der Waals surface area contributed by atoms with E-state index in [9.17, 15) is 9.90 Å². The highest BCUT2D eigenvalue weighted by molar-refractivity contribution is 5.83. The van der Waals surface area contributed by atoms with Gasteiger partial charge >= 0.3 is 0 Å². The summed E-state index contributed by atoms with van der Waals surface area (Å²) in [5.74, 6) is 0.245. The minimum atomic E-state index is -0.00708. The van der Waals surface area contributed by atoms with E-state index in [4.69, 9.17) is 10.1 Å². The van der Waals surface area contributed by atoms with Crippen LogP contribution in [0.25, 0.3) is 21.7 Å². The maximum absolute atomic E-state index is 13.6. The van der Waals surface area contributed by atoms with Gasteiger partial charge in [0.05, 0.1) is 48.5 Å². The lowest BCUT2D eigenvalue weighted by atomic mass is 10.0. The van der Waals surface area contributed by atoms with Gasteiger partial charge in [-0.05, 0) is 48.7 Å². The second-order valence-corrected chi connectivity index (χ2v) is 10.9. The molecule has 2 aromatic heterocycles. The standard InChI is InChI=1S/C32H32N4O2/c1-36(22-25-15-14-24-7-2-5-11-30(24)33-25)19-6-8-26(18-20-36)35-32(38)29-10-4-3-9-28(29)31(34-35)21-23-12-16-27(37)17-13-23/h2-5,7,9-17,26H,6,8,18-22H2,1H3/p+1. The van der Waals surface area contributed by atoms with Gasteiger partial charge in [-0.3, -0.25) is 4.79 Å². The Kier molecular flexibility index (Phi) is 6.42. The first-order chi connectivity index (χ1) is 18.5. The Morgan fingerprint density at radius 3 is 2.50 bits per heavy atom. The van der Waals surface area contributed by atoms with Crippen molar-refractivity contribution in [2.75, 3.05) is 20.1 Å². The summed E-state index contributed by atoms with van der Waals surface area (Å²) in [7, 11) is 2.31.